The van der Waals surface area contributed by atoms with Crippen LogP contribution in [0.4, 0.5) is 0 Å². The quantitative estimate of drug-likeness (QED) is 0.451. The smallest absolute Gasteiger partial charge is 0.344 e. The topological polar surface area (TPSA) is 52.6 Å². The third-order valence-electron chi connectivity index (χ3n) is 7.51. The van der Waals surface area contributed by atoms with Crippen LogP contribution >= 0.6 is 0 Å². The van der Waals surface area contributed by atoms with Crippen molar-refractivity contribution in [2.24, 2.45) is 41.4 Å². The van der Waals surface area contributed by atoms with Crippen molar-refractivity contribution in [3.63, 3.8) is 0 Å². The molecule has 0 aliphatic heterocycles. The molecule has 24 heavy (non-hydrogen) atoms. The fourth-order valence-electron chi connectivity index (χ4n) is 6.75. The minimum absolute atomic E-state index is 0.0169. The molecule has 4 bridgehead atoms. The molecular weight excluding hydrogens is 304 g/mol. The summed E-state index contributed by atoms with van der Waals surface area (Å²) < 4.78 is 10.7. The van der Waals surface area contributed by atoms with Crippen LogP contribution in [0.25, 0.3) is 0 Å². The lowest BCUT2D eigenvalue weighted by Crippen LogP contribution is -2.36. The first-order valence-corrected chi connectivity index (χ1v) is 9.75. The van der Waals surface area contributed by atoms with Gasteiger partial charge in [-0.3, -0.25) is 4.79 Å². The molecule has 0 aromatic heterocycles. The van der Waals surface area contributed by atoms with Crippen molar-refractivity contribution in [3.8, 4) is 0 Å². The van der Waals surface area contributed by atoms with Gasteiger partial charge >= 0.3 is 11.9 Å². The molecule has 0 aromatic carbocycles. The Morgan fingerprint density at radius 3 is 2.50 bits per heavy atom. The van der Waals surface area contributed by atoms with Crippen molar-refractivity contribution in [2.75, 3.05) is 6.61 Å². The molecule has 5 aliphatic rings. The van der Waals surface area contributed by atoms with E-state index in [4.69, 9.17) is 9.47 Å². The summed E-state index contributed by atoms with van der Waals surface area (Å²) in [5.41, 5.74) is 0. The van der Waals surface area contributed by atoms with E-state index in [1.54, 1.807) is 0 Å². The van der Waals surface area contributed by atoms with Gasteiger partial charge in [-0.1, -0.05) is 12.2 Å². The molecule has 0 radical (unpaired) electrons. The monoisotopic (exact) mass is 330 g/mol. The Labute approximate surface area is 143 Å². The molecular formula is C20H26O4. The van der Waals surface area contributed by atoms with Gasteiger partial charge in [0.05, 0.1) is 5.92 Å². The summed E-state index contributed by atoms with van der Waals surface area (Å²) in [6, 6.07) is 0. The van der Waals surface area contributed by atoms with Crippen LogP contribution in [0.15, 0.2) is 12.2 Å². The minimum Gasteiger partial charge on any atom is -0.460 e. The Hall–Kier alpha value is -1.32. The zero-order chi connectivity index (χ0) is 16.3. The van der Waals surface area contributed by atoms with E-state index < -0.39 is 0 Å². The van der Waals surface area contributed by atoms with Gasteiger partial charge in [0, 0.05) is 0 Å². The second-order valence-electron chi connectivity index (χ2n) is 8.61. The van der Waals surface area contributed by atoms with Gasteiger partial charge in [0.2, 0.25) is 0 Å². The van der Waals surface area contributed by atoms with Crippen LogP contribution in [0.3, 0.4) is 0 Å². The molecule has 0 saturated heterocycles. The molecule has 5 aliphatic carbocycles. The van der Waals surface area contributed by atoms with E-state index in [-0.39, 0.29) is 30.6 Å². The molecule has 7 atom stereocenters. The van der Waals surface area contributed by atoms with Crippen LogP contribution in [0.2, 0.25) is 0 Å². The predicted molar refractivity (Wildman–Crippen MR) is 86.7 cm³/mol. The van der Waals surface area contributed by atoms with Crippen molar-refractivity contribution >= 4 is 11.9 Å². The number of carbonyl (C=O) groups excluding carboxylic acids is 2. The first-order valence-electron chi connectivity index (χ1n) is 9.75. The molecule has 4 saturated carbocycles. The highest BCUT2D eigenvalue weighted by molar-refractivity contribution is 5.78. The first-order chi connectivity index (χ1) is 11.7. The SMILES string of the molecule is O=C(COC(=O)C1CC2CC1C1C3C=CC(C3)C21)OC1CCCC1. The van der Waals surface area contributed by atoms with Crippen LogP contribution in [-0.2, 0) is 19.1 Å². The fraction of sp³-hybridized carbons (Fsp3) is 0.800. The first kappa shape index (κ1) is 15.0. The standard InChI is InChI=1S/C20H26O4/c21-17(24-14-3-1-2-4-14)10-23-20(22)16-9-13-8-15(16)19-12-6-5-11(7-12)18(13)19/h5-6,11-16,18-19H,1-4,7-10H2. The third kappa shape index (κ3) is 2.25. The normalized spacial score (nSPS) is 44.9. The summed E-state index contributed by atoms with van der Waals surface area (Å²) in [4.78, 5) is 24.4. The molecule has 0 N–H and O–H groups in total. The van der Waals surface area contributed by atoms with E-state index in [0.717, 1.165) is 43.9 Å². The van der Waals surface area contributed by atoms with Crippen molar-refractivity contribution in [3.05, 3.63) is 12.2 Å². The summed E-state index contributed by atoms with van der Waals surface area (Å²) in [5.74, 6) is 3.65. The second kappa shape index (κ2) is 5.60. The highest BCUT2D eigenvalue weighted by Gasteiger charge is 2.62. The van der Waals surface area contributed by atoms with E-state index in [1.165, 1.54) is 12.8 Å². The van der Waals surface area contributed by atoms with E-state index >= 15 is 0 Å². The fourth-order valence-corrected chi connectivity index (χ4v) is 6.75. The van der Waals surface area contributed by atoms with E-state index in [2.05, 4.69) is 12.2 Å². The number of carbonyl (C=O) groups is 2. The number of hydrogen-bond acceptors (Lipinski definition) is 4. The molecule has 0 aromatic rings. The average molecular weight is 330 g/mol. The van der Waals surface area contributed by atoms with Gasteiger partial charge in [-0.15, -0.1) is 0 Å². The molecule has 7 unspecified atom stereocenters. The highest BCUT2D eigenvalue weighted by atomic mass is 16.6. The Balaban J connectivity index is 1.16. The lowest BCUT2D eigenvalue weighted by Gasteiger charge is -2.35. The molecule has 4 fully saturated rings. The summed E-state index contributed by atoms with van der Waals surface area (Å²) in [6.07, 6.45) is 12.5. The second-order valence-corrected chi connectivity index (χ2v) is 8.61. The average Bonchev–Trinajstić information content (AvgIpc) is 3.37. The zero-order valence-corrected chi connectivity index (χ0v) is 14.1. The molecule has 5 rings (SSSR count). The predicted octanol–water partition coefficient (Wildman–Crippen LogP) is 3.11. The van der Waals surface area contributed by atoms with Gasteiger partial charge < -0.3 is 9.47 Å². The van der Waals surface area contributed by atoms with Gasteiger partial charge in [-0.2, -0.15) is 0 Å². The number of esters is 2. The molecule has 4 nitrogen and oxygen atoms in total. The Morgan fingerprint density at radius 2 is 1.71 bits per heavy atom. The zero-order valence-electron chi connectivity index (χ0n) is 14.1. The Kier molecular flexibility index (Phi) is 3.50. The molecule has 4 heteroatoms. The van der Waals surface area contributed by atoms with Crippen molar-refractivity contribution in [2.45, 2.75) is 51.0 Å². The summed E-state index contributed by atoms with van der Waals surface area (Å²) in [7, 11) is 0. The molecule has 130 valence electrons. The van der Waals surface area contributed by atoms with E-state index in [0.29, 0.717) is 23.7 Å². The number of hydrogen-bond donors (Lipinski definition) is 0. The van der Waals surface area contributed by atoms with E-state index in [1.807, 2.05) is 0 Å². The maximum absolute atomic E-state index is 12.5. The van der Waals surface area contributed by atoms with Gasteiger partial charge in [0.1, 0.15) is 6.10 Å². The van der Waals surface area contributed by atoms with Gasteiger partial charge in [0.15, 0.2) is 6.61 Å². The van der Waals surface area contributed by atoms with Gasteiger partial charge in [-0.05, 0) is 80.5 Å². The summed E-state index contributed by atoms with van der Waals surface area (Å²) in [6.45, 7) is -0.205. The van der Waals surface area contributed by atoms with E-state index in [9.17, 15) is 9.59 Å². The molecule has 0 heterocycles. The third-order valence-corrected chi connectivity index (χ3v) is 7.51. The van der Waals surface area contributed by atoms with Crippen LogP contribution in [0, 0.1) is 41.4 Å². The minimum atomic E-state index is -0.376. The van der Waals surface area contributed by atoms with Crippen LogP contribution < -0.4 is 0 Å². The Bertz CT molecular complexity index is 576. The van der Waals surface area contributed by atoms with Crippen molar-refractivity contribution < 1.29 is 19.1 Å². The maximum Gasteiger partial charge on any atom is 0.344 e. The largest absolute Gasteiger partial charge is 0.460 e. The highest BCUT2D eigenvalue weighted by Crippen LogP contribution is 2.67. The number of rotatable bonds is 4. The lowest BCUT2D eigenvalue weighted by atomic mass is 9.69. The Morgan fingerprint density at radius 1 is 0.958 bits per heavy atom. The van der Waals surface area contributed by atoms with Gasteiger partial charge in [0.25, 0.3) is 0 Å². The number of fused-ring (bicyclic) bond motifs is 9. The number of ether oxygens (including phenoxy) is 2. The van der Waals surface area contributed by atoms with Crippen molar-refractivity contribution in [1.82, 2.24) is 0 Å². The lowest BCUT2D eigenvalue weighted by molar-refractivity contribution is -0.165. The van der Waals surface area contributed by atoms with Crippen LogP contribution in [-0.4, -0.2) is 24.6 Å². The molecule has 0 amide bonds. The van der Waals surface area contributed by atoms with Gasteiger partial charge in [-0.25, -0.2) is 4.79 Å². The summed E-state index contributed by atoms with van der Waals surface area (Å²) >= 11 is 0. The summed E-state index contributed by atoms with van der Waals surface area (Å²) in [5, 5.41) is 0. The van der Waals surface area contributed by atoms with Crippen molar-refractivity contribution in [1.29, 1.82) is 0 Å². The number of allylic oxidation sites excluding steroid dienone is 2. The van der Waals surface area contributed by atoms with Crippen LogP contribution in [0.1, 0.15) is 44.9 Å². The molecule has 0 spiro atoms. The maximum atomic E-state index is 12.5. The van der Waals surface area contributed by atoms with Crippen LogP contribution in [0.5, 0.6) is 0 Å².